The molecule has 2 rings (SSSR count). The minimum absolute atomic E-state index is 0.620. The van der Waals surface area contributed by atoms with Crippen LogP contribution in [-0.2, 0) is 4.79 Å². The van der Waals surface area contributed by atoms with Gasteiger partial charge in [-0.05, 0) is 23.3 Å². The van der Waals surface area contributed by atoms with Gasteiger partial charge in [-0.2, -0.15) is 0 Å². The van der Waals surface area contributed by atoms with Crippen LogP contribution in [0.15, 0.2) is 59.5 Å². The smallest absolute Gasteiger partial charge is 0.315 e. The van der Waals surface area contributed by atoms with Crippen LogP contribution in [0.2, 0.25) is 0 Å². The van der Waals surface area contributed by atoms with Gasteiger partial charge in [-0.25, -0.2) is 0 Å². The van der Waals surface area contributed by atoms with Crippen molar-refractivity contribution in [1.29, 1.82) is 0 Å². The molecule has 0 amide bonds. The fourth-order valence-corrected chi connectivity index (χ4v) is 1.94. The van der Waals surface area contributed by atoms with Crippen molar-refractivity contribution in [2.24, 2.45) is 0 Å². The molecule has 1 N–H and O–H groups in total. The molecule has 0 saturated carbocycles. The Morgan fingerprint density at radius 1 is 0.941 bits per heavy atom. The number of rotatable bonds is 3. The van der Waals surface area contributed by atoms with Gasteiger partial charge < -0.3 is 5.11 Å². The lowest BCUT2D eigenvalue weighted by Crippen LogP contribution is -2.12. The highest BCUT2D eigenvalue weighted by Crippen LogP contribution is 2.25. The van der Waals surface area contributed by atoms with Crippen LogP contribution in [0, 0.1) is 0 Å². The molecular weight excluding hydrogens is 232 g/mol. The average Bonchev–Trinajstić information content (AvgIpc) is 2.33. The average molecular weight is 244 g/mol. The number of thiol groups is 1. The highest BCUT2D eigenvalue weighted by Gasteiger charge is 2.21. The van der Waals surface area contributed by atoms with Crippen LogP contribution in [0.5, 0.6) is 0 Å². The van der Waals surface area contributed by atoms with Crippen molar-refractivity contribution in [3.63, 3.8) is 0 Å². The number of hydrogen-bond donors (Lipinski definition) is 2. The van der Waals surface area contributed by atoms with Gasteiger partial charge in [0, 0.05) is 4.90 Å². The molecule has 1 atom stereocenters. The molecule has 0 aliphatic carbocycles. The molecule has 17 heavy (non-hydrogen) atoms. The fourth-order valence-electron chi connectivity index (χ4n) is 1.79. The highest BCUT2D eigenvalue weighted by molar-refractivity contribution is 7.80. The lowest BCUT2D eigenvalue weighted by Gasteiger charge is -2.13. The SMILES string of the molecule is O=C(O)C(c1ccccc1)c1ccc(S)cc1. The Morgan fingerprint density at radius 3 is 2.00 bits per heavy atom. The summed E-state index contributed by atoms with van der Waals surface area (Å²) in [5, 5.41) is 9.33. The Morgan fingerprint density at radius 2 is 1.47 bits per heavy atom. The van der Waals surface area contributed by atoms with E-state index in [1.165, 1.54) is 0 Å². The highest BCUT2D eigenvalue weighted by atomic mass is 32.1. The second-order valence-electron chi connectivity index (χ2n) is 3.77. The number of carboxylic acid groups (broad SMARTS) is 1. The molecule has 2 nitrogen and oxygen atoms in total. The summed E-state index contributed by atoms with van der Waals surface area (Å²) < 4.78 is 0. The molecule has 0 aromatic heterocycles. The summed E-state index contributed by atoms with van der Waals surface area (Å²) in [6.07, 6.45) is 0. The van der Waals surface area contributed by atoms with Crippen molar-refractivity contribution in [2.45, 2.75) is 10.8 Å². The van der Waals surface area contributed by atoms with Crippen molar-refractivity contribution < 1.29 is 9.90 Å². The van der Waals surface area contributed by atoms with E-state index in [9.17, 15) is 9.90 Å². The molecule has 2 aromatic rings. The van der Waals surface area contributed by atoms with Gasteiger partial charge in [-0.15, -0.1) is 12.6 Å². The predicted octanol–water partition coefficient (Wildman–Crippen LogP) is 3.19. The summed E-state index contributed by atoms with van der Waals surface area (Å²) in [7, 11) is 0. The summed E-state index contributed by atoms with van der Waals surface area (Å²) in [6, 6.07) is 16.4. The molecule has 0 spiro atoms. The Labute approximate surface area is 105 Å². The zero-order valence-electron chi connectivity index (χ0n) is 9.08. The Hall–Kier alpha value is -1.74. The van der Waals surface area contributed by atoms with Crippen LogP contribution in [-0.4, -0.2) is 11.1 Å². The molecule has 0 saturated heterocycles. The van der Waals surface area contributed by atoms with E-state index < -0.39 is 11.9 Å². The molecule has 0 bridgehead atoms. The molecule has 0 aliphatic heterocycles. The maximum Gasteiger partial charge on any atom is 0.315 e. The molecular formula is C14H12O2S. The first-order valence-corrected chi connectivity index (χ1v) is 5.70. The van der Waals surface area contributed by atoms with Crippen LogP contribution >= 0.6 is 12.6 Å². The summed E-state index contributed by atoms with van der Waals surface area (Å²) >= 11 is 4.19. The Balaban J connectivity index is 2.43. The van der Waals surface area contributed by atoms with Crippen LogP contribution in [0.4, 0.5) is 0 Å². The van der Waals surface area contributed by atoms with Crippen molar-refractivity contribution in [2.75, 3.05) is 0 Å². The molecule has 2 aromatic carbocycles. The Bertz CT molecular complexity index is 506. The molecule has 0 fully saturated rings. The van der Waals surface area contributed by atoms with Gasteiger partial charge in [0.2, 0.25) is 0 Å². The standard InChI is InChI=1S/C14H12O2S/c15-14(16)13(10-4-2-1-3-5-10)11-6-8-12(17)9-7-11/h1-9,13,17H,(H,15,16). The van der Waals surface area contributed by atoms with E-state index in [-0.39, 0.29) is 0 Å². The van der Waals surface area contributed by atoms with E-state index >= 15 is 0 Å². The first kappa shape index (κ1) is 11.7. The van der Waals surface area contributed by atoms with Gasteiger partial charge in [-0.1, -0.05) is 42.5 Å². The first-order valence-electron chi connectivity index (χ1n) is 5.25. The van der Waals surface area contributed by atoms with Crippen molar-refractivity contribution in [3.05, 3.63) is 65.7 Å². The number of carbonyl (C=O) groups is 1. The topological polar surface area (TPSA) is 37.3 Å². The van der Waals surface area contributed by atoms with Crippen LogP contribution in [0.25, 0.3) is 0 Å². The number of hydrogen-bond acceptors (Lipinski definition) is 2. The van der Waals surface area contributed by atoms with Crippen LogP contribution in [0.1, 0.15) is 17.0 Å². The summed E-state index contributed by atoms with van der Waals surface area (Å²) in [5.74, 6) is -1.46. The third kappa shape index (κ3) is 2.68. The van der Waals surface area contributed by atoms with Crippen molar-refractivity contribution in [3.8, 4) is 0 Å². The maximum atomic E-state index is 11.4. The second kappa shape index (κ2) is 5.06. The lowest BCUT2D eigenvalue weighted by atomic mass is 9.91. The van der Waals surface area contributed by atoms with Gasteiger partial charge in [0.15, 0.2) is 0 Å². The van der Waals surface area contributed by atoms with Gasteiger partial charge in [0.1, 0.15) is 5.92 Å². The molecule has 0 heterocycles. The molecule has 86 valence electrons. The normalized spacial score (nSPS) is 12.1. The van der Waals surface area contributed by atoms with E-state index in [0.717, 1.165) is 16.0 Å². The number of carboxylic acids is 1. The van der Waals surface area contributed by atoms with Crippen LogP contribution < -0.4 is 0 Å². The predicted molar refractivity (Wildman–Crippen MR) is 69.6 cm³/mol. The minimum atomic E-state index is -0.844. The van der Waals surface area contributed by atoms with E-state index in [0.29, 0.717) is 0 Å². The third-order valence-corrected chi connectivity index (χ3v) is 2.90. The van der Waals surface area contributed by atoms with E-state index in [1.807, 2.05) is 30.3 Å². The van der Waals surface area contributed by atoms with Crippen LogP contribution in [0.3, 0.4) is 0 Å². The van der Waals surface area contributed by atoms with Crippen molar-refractivity contribution in [1.82, 2.24) is 0 Å². The fraction of sp³-hybridized carbons (Fsp3) is 0.0714. The zero-order valence-corrected chi connectivity index (χ0v) is 9.97. The molecule has 0 aliphatic rings. The van der Waals surface area contributed by atoms with Gasteiger partial charge >= 0.3 is 5.97 Å². The van der Waals surface area contributed by atoms with E-state index in [1.54, 1.807) is 24.3 Å². The summed E-state index contributed by atoms with van der Waals surface area (Å²) in [5.41, 5.74) is 1.55. The minimum Gasteiger partial charge on any atom is -0.481 e. The largest absolute Gasteiger partial charge is 0.481 e. The molecule has 0 radical (unpaired) electrons. The zero-order chi connectivity index (χ0) is 12.3. The number of aliphatic carboxylic acids is 1. The van der Waals surface area contributed by atoms with E-state index in [2.05, 4.69) is 12.6 Å². The monoisotopic (exact) mass is 244 g/mol. The quantitative estimate of drug-likeness (QED) is 0.814. The van der Waals surface area contributed by atoms with Gasteiger partial charge in [-0.3, -0.25) is 4.79 Å². The lowest BCUT2D eigenvalue weighted by molar-refractivity contribution is -0.137. The maximum absolute atomic E-state index is 11.4. The number of benzene rings is 2. The third-order valence-electron chi connectivity index (χ3n) is 2.61. The van der Waals surface area contributed by atoms with E-state index in [4.69, 9.17) is 0 Å². The summed E-state index contributed by atoms with van der Waals surface area (Å²) in [4.78, 5) is 12.2. The summed E-state index contributed by atoms with van der Waals surface area (Å²) in [6.45, 7) is 0. The molecule has 3 heteroatoms. The van der Waals surface area contributed by atoms with Gasteiger partial charge in [0.05, 0.1) is 0 Å². The second-order valence-corrected chi connectivity index (χ2v) is 4.29. The van der Waals surface area contributed by atoms with Crippen molar-refractivity contribution >= 4 is 18.6 Å². The molecule has 1 unspecified atom stereocenters. The Kier molecular flexibility index (Phi) is 3.49. The van der Waals surface area contributed by atoms with Gasteiger partial charge in [0.25, 0.3) is 0 Å². The first-order chi connectivity index (χ1) is 8.18.